The summed E-state index contributed by atoms with van der Waals surface area (Å²) in [6.07, 6.45) is -4.23. The lowest BCUT2D eigenvalue weighted by atomic mass is 10.0. The molecule has 3 heterocycles. The number of halogens is 5. The highest BCUT2D eigenvalue weighted by Gasteiger charge is 2.46. The molecule has 0 aliphatic carbocycles. The van der Waals surface area contributed by atoms with Gasteiger partial charge in [-0.1, -0.05) is 0 Å². The highest BCUT2D eigenvalue weighted by Crippen LogP contribution is 2.32. The summed E-state index contributed by atoms with van der Waals surface area (Å²) >= 11 is 0. The lowest BCUT2D eigenvalue weighted by molar-refractivity contribution is -0.144. The fourth-order valence-electron chi connectivity index (χ4n) is 4.00. The monoisotopic (exact) mass is 538 g/mol. The van der Waals surface area contributed by atoms with Crippen molar-refractivity contribution in [2.45, 2.75) is 49.3 Å². The van der Waals surface area contributed by atoms with E-state index >= 15 is 0 Å². The van der Waals surface area contributed by atoms with Crippen molar-refractivity contribution in [3.8, 4) is 17.2 Å². The SMILES string of the molecule is C[C@H]1[C@H](F)CC(NCc2cc(-c3cnc(C(F)(F)F)nc3)c(C#N)cn2)N1S(=O)(=O)c1ccc(F)cc1. The Morgan fingerprint density at radius 2 is 1.78 bits per heavy atom. The Balaban J connectivity index is 1.58. The Hall–Kier alpha value is -3.54. The number of pyridine rings is 1. The summed E-state index contributed by atoms with van der Waals surface area (Å²) in [5.41, 5.74) is 0.739. The molecule has 1 aliphatic heterocycles. The maximum absolute atomic E-state index is 14.6. The van der Waals surface area contributed by atoms with Crippen LogP contribution in [0.2, 0.25) is 0 Å². The van der Waals surface area contributed by atoms with Crippen LogP contribution in [0.1, 0.15) is 30.4 Å². The predicted molar refractivity (Wildman–Crippen MR) is 120 cm³/mol. The van der Waals surface area contributed by atoms with E-state index in [4.69, 9.17) is 0 Å². The average Bonchev–Trinajstić information content (AvgIpc) is 3.16. The Bertz CT molecular complexity index is 1430. The van der Waals surface area contributed by atoms with Crippen LogP contribution in [0.3, 0.4) is 0 Å². The number of hydrogen-bond acceptors (Lipinski definition) is 7. The summed E-state index contributed by atoms with van der Waals surface area (Å²) in [6.45, 7) is 1.37. The topological polar surface area (TPSA) is 112 Å². The molecule has 1 aliphatic rings. The standard InChI is InChI=1S/C23H19F5N6O2S/c1-13-20(25)7-21(34(13)37(35,36)18-4-2-16(24)3-5-18)31-12-17-6-19(14(8-29)9-30-17)15-10-32-22(33-11-15)23(26,27)28/h2-6,9-11,13,20-21,31H,7,12H2,1H3/t13-,20+,21?/m0/s1. The van der Waals surface area contributed by atoms with Crippen molar-refractivity contribution in [2.24, 2.45) is 0 Å². The molecule has 2 aromatic heterocycles. The van der Waals surface area contributed by atoms with Crippen molar-refractivity contribution in [3.63, 3.8) is 0 Å². The van der Waals surface area contributed by atoms with Crippen LogP contribution in [0.15, 0.2) is 53.8 Å². The van der Waals surface area contributed by atoms with Crippen LogP contribution in [0.4, 0.5) is 22.0 Å². The molecule has 37 heavy (non-hydrogen) atoms. The van der Waals surface area contributed by atoms with Gasteiger partial charge in [0.15, 0.2) is 0 Å². The molecule has 0 saturated carbocycles. The fraction of sp³-hybridized carbons (Fsp3) is 0.304. The molecule has 3 atom stereocenters. The minimum Gasteiger partial charge on any atom is -0.295 e. The van der Waals surface area contributed by atoms with E-state index in [9.17, 15) is 35.6 Å². The summed E-state index contributed by atoms with van der Waals surface area (Å²) in [5, 5.41) is 12.3. The number of sulfonamides is 1. The van der Waals surface area contributed by atoms with Crippen molar-refractivity contribution < 1.29 is 30.4 Å². The zero-order valence-electron chi connectivity index (χ0n) is 19.1. The minimum atomic E-state index is -4.73. The van der Waals surface area contributed by atoms with Gasteiger partial charge in [0.25, 0.3) is 0 Å². The molecule has 194 valence electrons. The normalized spacial score (nSPS) is 20.6. The number of rotatable bonds is 6. The molecule has 1 aromatic carbocycles. The molecule has 0 bridgehead atoms. The van der Waals surface area contributed by atoms with Crippen molar-refractivity contribution >= 4 is 10.0 Å². The van der Waals surface area contributed by atoms with Crippen molar-refractivity contribution in [3.05, 3.63) is 71.8 Å². The van der Waals surface area contributed by atoms with Gasteiger partial charge in [-0.15, -0.1) is 0 Å². The van der Waals surface area contributed by atoms with Gasteiger partial charge in [0.2, 0.25) is 15.8 Å². The third kappa shape index (κ3) is 5.43. The van der Waals surface area contributed by atoms with E-state index < -0.39 is 46.2 Å². The van der Waals surface area contributed by atoms with Gasteiger partial charge in [-0.25, -0.2) is 27.2 Å². The van der Waals surface area contributed by atoms with Crippen LogP contribution in [-0.4, -0.2) is 46.1 Å². The molecule has 3 aromatic rings. The van der Waals surface area contributed by atoms with E-state index in [1.54, 1.807) is 0 Å². The summed E-state index contributed by atoms with van der Waals surface area (Å²) in [4.78, 5) is 10.6. The van der Waals surface area contributed by atoms with Gasteiger partial charge in [-0.05, 0) is 37.3 Å². The molecule has 1 fully saturated rings. The molecule has 0 amide bonds. The molecular formula is C23H19F5N6O2S. The lowest BCUT2D eigenvalue weighted by Gasteiger charge is -2.28. The second-order valence-electron chi connectivity index (χ2n) is 8.30. The minimum absolute atomic E-state index is 0.0558. The first-order chi connectivity index (χ1) is 17.4. The van der Waals surface area contributed by atoms with E-state index in [1.165, 1.54) is 19.2 Å². The smallest absolute Gasteiger partial charge is 0.295 e. The molecule has 1 saturated heterocycles. The van der Waals surface area contributed by atoms with E-state index in [1.807, 2.05) is 6.07 Å². The van der Waals surface area contributed by atoms with Crippen molar-refractivity contribution in [2.75, 3.05) is 0 Å². The van der Waals surface area contributed by atoms with Gasteiger partial charge in [-0.3, -0.25) is 10.3 Å². The molecule has 14 heteroatoms. The van der Waals surface area contributed by atoms with Gasteiger partial charge in [0, 0.05) is 42.7 Å². The highest BCUT2D eigenvalue weighted by atomic mass is 32.2. The van der Waals surface area contributed by atoms with Gasteiger partial charge in [0.05, 0.1) is 28.4 Å². The molecule has 0 radical (unpaired) electrons. The summed E-state index contributed by atoms with van der Waals surface area (Å²) in [5.74, 6) is -1.95. The summed E-state index contributed by atoms with van der Waals surface area (Å²) in [6, 6.07) is 6.52. The van der Waals surface area contributed by atoms with E-state index in [-0.39, 0.29) is 34.6 Å². The lowest BCUT2D eigenvalue weighted by Crippen LogP contribution is -2.47. The van der Waals surface area contributed by atoms with Gasteiger partial charge < -0.3 is 0 Å². The Morgan fingerprint density at radius 3 is 2.38 bits per heavy atom. The molecule has 1 N–H and O–H groups in total. The maximum atomic E-state index is 14.6. The third-order valence-corrected chi connectivity index (χ3v) is 7.90. The predicted octanol–water partition coefficient (Wildman–Crippen LogP) is 3.81. The molecule has 8 nitrogen and oxygen atoms in total. The van der Waals surface area contributed by atoms with E-state index in [0.29, 0.717) is 5.69 Å². The number of hydrogen-bond donors (Lipinski definition) is 1. The largest absolute Gasteiger partial charge is 0.451 e. The third-order valence-electron chi connectivity index (χ3n) is 5.89. The first-order valence-electron chi connectivity index (χ1n) is 10.9. The zero-order chi connectivity index (χ0) is 27.0. The van der Waals surface area contributed by atoms with Crippen LogP contribution in [0, 0.1) is 17.1 Å². The number of nitrogens with one attached hydrogen (secondary N) is 1. The van der Waals surface area contributed by atoms with Crippen LogP contribution in [0.5, 0.6) is 0 Å². The van der Waals surface area contributed by atoms with Gasteiger partial charge >= 0.3 is 6.18 Å². The number of nitrogens with zero attached hydrogens (tertiary/aromatic N) is 5. The summed E-state index contributed by atoms with van der Waals surface area (Å²) in [7, 11) is -4.18. The first kappa shape index (κ1) is 26.5. The van der Waals surface area contributed by atoms with Crippen LogP contribution in [0.25, 0.3) is 11.1 Å². The first-order valence-corrected chi connectivity index (χ1v) is 12.3. The number of alkyl halides is 4. The van der Waals surface area contributed by atoms with Crippen LogP contribution >= 0.6 is 0 Å². The molecule has 1 unspecified atom stereocenters. The molecule has 4 rings (SSSR count). The van der Waals surface area contributed by atoms with Crippen molar-refractivity contribution in [1.82, 2.24) is 24.6 Å². The second-order valence-corrected chi connectivity index (χ2v) is 10.1. The Morgan fingerprint density at radius 1 is 1.14 bits per heavy atom. The molecular weight excluding hydrogens is 519 g/mol. The molecule has 0 spiro atoms. The Kier molecular flexibility index (Phi) is 7.22. The quantitative estimate of drug-likeness (QED) is 0.475. The van der Waals surface area contributed by atoms with E-state index in [0.717, 1.165) is 41.0 Å². The highest BCUT2D eigenvalue weighted by molar-refractivity contribution is 7.89. The van der Waals surface area contributed by atoms with Crippen molar-refractivity contribution in [1.29, 1.82) is 5.26 Å². The van der Waals surface area contributed by atoms with E-state index in [2.05, 4.69) is 20.3 Å². The maximum Gasteiger partial charge on any atom is 0.451 e. The van der Waals surface area contributed by atoms with Gasteiger partial charge in [-0.2, -0.15) is 22.7 Å². The number of nitriles is 1. The zero-order valence-corrected chi connectivity index (χ0v) is 19.9. The summed E-state index contributed by atoms with van der Waals surface area (Å²) < 4.78 is 93.6. The number of benzene rings is 1. The second kappa shape index (κ2) is 10.1. The van der Waals surface area contributed by atoms with Crippen LogP contribution in [-0.2, 0) is 22.7 Å². The van der Waals surface area contributed by atoms with Gasteiger partial charge in [0.1, 0.15) is 18.1 Å². The number of aromatic nitrogens is 3. The fourth-order valence-corrected chi connectivity index (χ4v) is 5.79. The average molecular weight is 539 g/mol. The van der Waals surface area contributed by atoms with Crippen LogP contribution < -0.4 is 5.32 Å². The Labute approximate surface area is 208 Å².